The number of carbonyl (C=O) groups excluding carboxylic acids is 2. The summed E-state index contributed by atoms with van der Waals surface area (Å²) in [5.41, 5.74) is 2.47. The minimum atomic E-state index is -0.244. The summed E-state index contributed by atoms with van der Waals surface area (Å²) in [6.07, 6.45) is 7.22. The Morgan fingerprint density at radius 3 is 2.72 bits per heavy atom. The van der Waals surface area contributed by atoms with Crippen LogP contribution in [-0.4, -0.2) is 17.5 Å². The summed E-state index contributed by atoms with van der Waals surface area (Å²) < 4.78 is 0. The molecule has 0 spiro atoms. The lowest BCUT2D eigenvalue weighted by atomic mass is 9.82. The van der Waals surface area contributed by atoms with Gasteiger partial charge < -0.3 is 5.32 Å². The van der Waals surface area contributed by atoms with E-state index in [0.29, 0.717) is 11.6 Å². The first-order valence-corrected chi connectivity index (χ1v) is 5.99. The number of allylic oxidation sites excluding steroid dienone is 3. The molecule has 18 heavy (non-hydrogen) atoms. The van der Waals surface area contributed by atoms with Crippen molar-refractivity contribution in [2.24, 2.45) is 16.8 Å². The maximum atomic E-state index is 11.6. The Kier molecular flexibility index (Phi) is 3.28. The Bertz CT molecular complexity index is 522. The van der Waals surface area contributed by atoms with Crippen molar-refractivity contribution in [2.45, 2.75) is 20.8 Å². The summed E-state index contributed by atoms with van der Waals surface area (Å²) in [6.45, 7) is 5.54. The monoisotopic (exact) mass is 244 g/mol. The number of amides is 2. The molecule has 0 bridgehead atoms. The minimum Gasteiger partial charge on any atom is -0.325 e. The van der Waals surface area contributed by atoms with Crippen LogP contribution in [0.5, 0.6) is 0 Å². The van der Waals surface area contributed by atoms with Gasteiger partial charge in [-0.05, 0) is 23.6 Å². The van der Waals surface area contributed by atoms with Gasteiger partial charge in [-0.2, -0.15) is 0 Å². The molecule has 0 radical (unpaired) electrons. The summed E-state index contributed by atoms with van der Waals surface area (Å²) >= 11 is 0. The molecule has 1 heterocycles. The van der Waals surface area contributed by atoms with E-state index in [1.165, 1.54) is 6.92 Å². The second kappa shape index (κ2) is 4.72. The van der Waals surface area contributed by atoms with Crippen LogP contribution >= 0.6 is 0 Å². The summed E-state index contributed by atoms with van der Waals surface area (Å²) in [6, 6.07) is 0. The molecule has 1 aliphatic carbocycles. The van der Waals surface area contributed by atoms with Crippen LogP contribution in [0.1, 0.15) is 20.8 Å². The van der Waals surface area contributed by atoms with Crippen molar-refractivity contribution in [1.82, 2.24) is 5.32 Å². The first-order valence-electron chi connectivity index (χ1n) is 5.99. The van der Waals surface area contributed by atoms with Crippen LogP contribution in [0.2, 0.25) is 0 Å². The first-order chi connectivity index (χ1) is 8.47. The third kappa shape index (κ3) is 2.47. The van der Waals surface area contributed by atoms with Gasteiger partial charge in [0, 0.05) is 24.6 Å². The molecule has 1 aliphatic heterocycles. The molecule has 2 aliphatic rings. The molecule has 0 aromatic carbocycles. The third-order valence-corrected chi connectivity index (χ3v) is 2.98. The number of hydrogen-bond acceptors (Lipinski definition) is 2. The van der Waals surface area contributed by atoms with Gasteiger partial charge in [0.2, 0.25) is 11.8 Å². The molecule has 4 nitrogen and oxygen atoms in total. The van der Waals surface area contributed by atoms with E-state index < -0.39 is 0 Å². The topological polar surface area (TPSA) is 58.5 Å². The molecular formula is C14H16N2O2. The number of nitrogens with zero attached hydrogens (tertiary/aromatic N) is 1. The van der Waals surface area contributed by atoms with Crippen LogP contribution in [0, 0.1) is 11.8 Å². The van der Waals surface area contributed by atoms with Gasteiger partial charge in [0.15, 0.2) is 0 Å². The summed E-state index contributed by atoms with van der Waals surface area (Å²) in [7, 11) is 0. The van der Waals surface area contributed by atoms with E-state index in [0.717, 1.165) is 11.3 Å². The van der Waals surface area contributed by atoms with Crippen molar-refractivity contribution in [3.63, 3.8) is 0 Å². The largest absolute Gasteiger partial charge is 0.325 e. The molecule has 2 rings (SSSR count). The van der Waals surface area contributed by atoms with Crippen LogP contribution in [0.3, 0.4) is 0 Å². The van der Waals surface area contributed by atoms with Crippen LogP contribution in [0.25, 0.3) is 0 Å². The van der Waals surface area contributed by atoms with E-state index in [4.69, 9.17) is 0 Å². The van der Waals surface area contributed by atoms with Gasteiger partial charge >= 0.3 is 0 Å². The average Bonchev–Trinajstić information content (AvgIpc) is 2.26. The maximum Gasteiger partial charge on any atom is 0.248 e. The van der Waals surface area contributed by atoms with Gasteiger partial charge in [-0.3, -0.25) is 9.59 Å². The van der Waals surface area contributed by atoms with Crippen LogP contribution < -0.4 is 5.32 Å². The van der Waals surface area contributed by atoms with E-state index >= 15 is 0 Å². The van der Waals surface area contributed by atoms with E-state index in [9.17, 15) is 9.59 Å². The second-order valence-corrected chi connectivity index (χ2v) is 4.78. The van der Waals surface area contributed by atoms with Gasteiger partial charge in [-0.25, -0.2) is 4.99 Å². The SMILES string of the molecule is CC(=O)N=C1C=CC2C(=C1)NC(=O)C=C2C(C)C. The molecule has 0 saturated carbocycles. The molecule has 0 saturated heterocycles. The fourth-order valence-electron chi connectivity index (χ4n) is 2.20. The molecule has 0 fully saturated rings. The third-order valence-electron chi connectivity index (χ3n) is 2.98. The second-order valence-electron chi connectivity index (χ2n) is 4.78. The van der Waals surface area contributed by atoms with Crippen molar-refractivity contribution < 1.29 is 9.59 Å². The Morgan fingerprint density at radius 1 is 1.39 bits per heavy atom. The van der Waals surface area contributed by atoms with E-state index in [1.54, 1.807) is 12.2 Å². The highest BCUT2D eigenvalue weighted by Crippen LogP contribution is 2.31. The number of hydrogen-bond donors (Lipinski definition) is 1. The maximum absolute atomic E-state index is 11.6. The average molecular weight is 244 g/mol. The fourth-order valence-corrected chi connectivity index (χ4v) is 2.20. The number of aliphatic imine (C=N–C) groups is 1. The number of nitrogens with one attached hydrogen (secondary N) is 1. The van der Waals surface area contributed by atoms with E-state index in [-0.39, 0.29) is 17.7 Å². The molecule has 1 N–H and O–H groups in total. The van der Waals surface area contributed by atoms with Crippen molar-refractivity contribution in [3.8, 4) is 0 Å². The zero-order valence-electron chi connectivity index (χ0n) is 10.7. The highest BCUT2D eigenvalue weighted by atomic mass is 16.2. The first kappa shape index (κ1) is 12.5. The lowest BCUT2D eigenvalue weighted by molar-refractivity contribution is -0.116. The molecular weight excluding hydrogens is 228 g/mol. The number of rotatable bonds is 1. The number of carbonyl (C=O) groups is 2. The van der Waals surface area contributed by atoms with Crippen molar-refractivity contribution in [1.29, 1.82) is 0 Å². The van der Waals surface area contributed by atoms with Crippen molar-refractivity contribution in [2.75, 3.05) is 0 Å². The summed E-state index contributed by atoms with van der Waals surface area (Å²) in [5.74, 6) is 0.0411. The highest BCUT2D eigenvalue weighted by Gasteiger charge is 2.27. The summed E-state index contributed by atoms with van der Waals surface area (Å²) in [4.78, 5) is 26.4. The van der Waals surface area contributed by atoms with Gasteiger partial charge in [0.25, 0.3) is 0 Å². The van der Waals surface area contributed by atoms with Gasteiger partial charge in [0.05, 0.1) is 5.71 Å². The lowest BCUT2D eigenvalue weighted by Crippen LogP contribution is -2.34. The molecule has 94 valence electrons. The van der Waals surface area contributed by atoms with E-state index in [1.807, 2.05) is 12.2 Å². The molecule has 0 aromatic heterocycles. The standard InChI is InChI=1S/C14H16N2O2/c1-8(2)12-7-14(18)16-13-6-10(15-9(3)17)4-5-11(12)13/h4-8,11H,1-3H3,(H,16,18). The zero-order valence-corrected chi connectivity index (χ0v) is 10.7. The molecule has 1 atom stereocenters. The van der Waals surface area contributed by atoms with Crippen molar-refractivity contribution in [3.05, 3.63) is 35.6 Å². The van der Waals surface area contributed by atoms with Crippen LogP contribution in [0.4, 0.5) is 0 Å². The van der Waals surface area contributed by atoms with Crippen LogP contribution in [-0.2, 0) is 9.59 Å². The Hall–Kier alpha value is -1.97. The fraction of sp³-hybridized carbons (Fsp3) is 0.357. The normalized spacial score (nSPS) is 24.6. The predicted octanol–water partition coefficient (Wildman–Crippen LogP) is 1.76. The predicted molar refractivity (Wildman–Crippen MR) is 69.9 cm³/mol. The van der Waals surface area contributed by atoms with E-state index in [2.05, 4.69) is 24.2 Å². The Balaban J connectivity index is 2.37. The molecule has 1 unspecified atom stereocenters. The smallest absolute Gasteiger partial charge is 0.248 e. The lowest BCUT2D eigenvalue weighted by Gasteiger charge is -2.29. The quantitative estimate of drug-likeness (QED) is 0.764. The minimum absolute atomic E-state index is 0.0913. The molecule has 0 aromatic rings. The number of fused-ring (bicyclic) bond motifs is 1. The molecule has 2 amide bonds. The van der Waals surface area contributed by atoms with Gasteiger partial charge in [-0.1, -0.05) is 19.9 Å². The highest BCUT2D eigenvalue weighted by molar-refractivity contribution is 6.11. The Morgan fingerprint density at radius 2 is 2.11 bits per heavy atom. The van der Waals surface area contributed by atoms with Crippen LogP contribution in [0.15, 0.2) is 40.6 Å². The van der Waals surface area contributed by atoms with Crippen molar-refractivity contribution >= 4 is 17.5 Å². The summed E-state index contributed by atoms with van der Waals surface area (Å²) in [5, 5.41) is 2.81. The molecule has 4 heteroatoms. The van der Waals surface area contributed by atoms with Gasteiger partial charge in [0.1, 0.15) is 0 Å². The van der Waals surface area contributed by atoms with Gasteiger partial charge in [-0.15, -0.1) is 0 Å². The zero-order chi connectivity index (χ0) is 13.3. The Labute approximate surface area is 106 Å².